The topological polar surface area (TPSA) is 69.9 Å². The van der Waals surface area contributed by atoms with Gasteiger partial charge in [-0.3, -0.25) is 0 Å². The molecule has 14 rings (SSSR count). The molecule has 6 nitrogen and oxygen atoms in total. The van der Waals surface area contributed by atoms with Crippen LogP contribution in [0.4, 0.5) is 0 Å². The van der Waals surface area contributed by atoms with Gasteiger partial charge in [0.15, 0.2) is 17.5 Å². The van der Waals surface area contributed by atoms with Crippen LogP contribution in [0.15, 0.2) is 239 Å². The Morgan fingerprint density at radius 1 is 0.275 bits per heavy atom. The van der Waals surface area contributed by atoms with Crippen LogP contribution in [0.2, 0.25) is 0 Å². The molecule has 0 aliphatic heterocycles. The smallest absolute Gasteiger partial charge is 0.164 e. The highest BCUT2D eigenvalue weighted by Crippen LogP contribution is 2.43. The zero-order chi connectivity index (χ0) is 45.4. The zero-order valence-corrected chi connectivity index (χ0v) is 37.0. The molecule has 10 aromatic carbocycles. The van der Waals surface area contributed by atoms with Gasteiger partial charge in [-0.2, -0.15) is 0 Å². The van der Waals surface area contributed by atoms with E-state index >= 15 is 0 Å². The summed E-state index contributed by atoms with van der Waals surface area (Å²) in [5, 5.41) is 6.66. The van der Waals surface area contributed by atoms with Gasteiger partial charge < -0.3 is 13.4 Å². The Morgan fingerprint density at radius 2 is 0.797 bits per heavy atom. The molecule has 6 heteroatoms. The number of hydrogen-bond acceptors (Lipinski definition) is 5. The van der Waals surface area contributed by atoms with Crippen molar-refractivity contribution in [2.75, 3.05) is 0 Å². The third-order valence-electron chi connectivity index (χ3n) is 13.5. The van der Waals surface area contributed by atoms with Crippen molar-refractivity contribution in [2.45, 2.75) is 0 Å². The molecule has 322 valence electrons. The van der Waals surface area contributed by atoms with Gasteiger partial charge in [-0.05, 0) is 94.0 Å². The van der Waals surface area contributed by atoms with E-state index in [1.165, 1.54) is 21.9 Å². The molecule has 0 amide bonds. The van der Waals surface area contributed by atoms with Crippen LogP contribution in [0, 0.1) is 0 Å². The highest BCUT2D eigenvalue weighted by molar-refractivity contribution is 6.17. The van der Waals surface area contributed by atoms with Gasteiger partial charge in [-0.15, -0.1) is 0 Å². The van der Waals surface area contributed by atoms with Crippen LogP contribution < -0.4 is 0 Å². The van der Waals surface area contributed by atoms with Crippen molar-refractivity contribution in [3.8, 4) is 73.2 Å². The van der Waals surface area contributed by atoms with Crippen molar-refractivity contribution in [1.82, 2.24) is 19.5 Å². The first-order valence-electron chi connectivity index (χ1n) is 23.2. The van der Waals surface area contributed by atoms with Crippen molar-refractivity contribution in [3.63, 3.8) is 0 Å². The third-order valence-corrected chi connectivity index (χ3v) is 13.5. The minimum atomic E-state index is 0.608. The van der Waals surface area contributed by atoms with Crippen molar-refractivity contribution in [3.05, 3.63) is 231 Å². The molecule has 0 aliphatic carbocycles. The molecule has 0 bridgehead atoms. The quantitative estimate of drug-likeness (QED) is 0.159. The van der Waals surface area contributed by atoms with E-state index in [2.05, 4.69) is 168 Å². The predicted molar refractivity (Wildman–Crippen MR) is 281 cm³/mol. The molecule has 0 saturated heterocycles. The highest BCUT2D eigenvalue weighted by atomic mass is 16.3. The molecule has 0 unspecified atom stereocenters. The predicted octanol–water partition coefficient (Wildman–Crippen LogP) is 16.8. The number of para-hydroxylation sites is 1. The second kappa shape index (κ2) is 15.6. The van der Waals surface area contributed by atoms with Crippen molar-refractivity contribution < 1.29 is 8.83 Å². The van der Waals surface area contributed by atoms with E-state index in [-0.39, 0.29) is 0 Å². The van der Waals surface area contributed by atoms with Crippen LogP contribution in [0.3, 0.4) is 0 Å². The average Bonchev–Trinajstić information content (AvgIpc) is 4.10. The summed E-state index contributed by atoms with van der Waals surface area (Å²) < 4.78 is 15.7. The summed E-state index contributed by atoms with van der Waals surface area (Å²) in [6.07, 6.45) is 0. The Hall–Kier alpha value is -9.39. The van der Waals surface area contributed by atoms with E-state index in [0.29, 0.717) is 17.5 Å². The summed E-state index contributed by atoms with van der Waals surface area (Å²) in [4.78, 5) is 15.0. The lowest BCUT2D eigenvalue weighted by Crippen LogP contribution is -2.00. The van der Waals surface area contributed by atoms with E-state index in [9.17, 15) is 0 Å². The maximum absolute atomic E-state index is 6.74. The molecule has 69 heavy (non-hydrogen) atoms. The average molecular weight is 883 g/mol. The fourth-order valence-electron chi connectivity index (χ4n) is 10.3. The summed E-state index contributed by atoms with van der Waals surface area (Å²) in [7, 11) is 0. The minimum Gasteiger partial charge on any atom is -0.456 e. The minimum absolute atomic E-state index is 0.608. The summed E-state index contributed by atoms with van der Waals surface area (Å²) in [5.41, 5.74) is 16.1. The van der Waals surface area contributed by atoms with Crippen LogP contribution in [0.25, 0.3) is 139 Å². The molecule has 4 heterocycles. The molecule has 0 fully saturated rings. The SMILES string of the molecule is c1ccc(-c2ccc3c(c2)c2ccccc2n3-c2ccc3c(c2)oc2cccc(-c4ccc5oc6cccc(-c7cccc(-c8nc(-c9ccccc9)nc(-c9ccccc9)n8)c7)c6c5c4)c23)cc1. The molecule has 4 aromatic heterocycles. The van der Waals surface area contributed by atoms with E-state index in [1.54, 1.807) is 0 Å². The fraction of sp³-hybridized carbons (Fsp3) is 0. The molecule has 0 saturated carbocycles. The van der Waals surface area contributed by atoms with Gasteiger partial charge >= 0.3 is 0 Å². The van der Waals surface area contributed by atoms with Crippen LogP contribution in [-0.4, -0.2) is 19.5 Å². The fourth-order valence-corrected chi connectivity index (χ4v) is 10.3. The molecule has 0 aliphatic rings. The van der Waals surface area contributed by atoms with Crippen molar-refractivity contribution in [1.29, 1.82) is 0 Å². The van der Waals surface area contributed by atoms with E-state index in [4.69, 9.17) is 23.8 Å². The largest absolute Gasteiger partial charge is 0.456 e. The number of rotatable bonds is 7. The number of nitrogens with zero attached hydrogens (tertiary/aromatic N) is 4. The summed E-state index contributed by atoms with van der Waals surface area (Å²) in [5.74, 6) is 1.86. The van der Waals surface area contributed by atoms with Gasteiger partial charge in [0.1, 0.15) is 22.3 Å². The molecule has 0 radical (unpaired) electrons. The van der Waals surface area contributed by atoms with Crippen LogP contribution in [0.1, 0.15) is 0 Å². The Labute approximate surface area is 396 Å². The number of fused-ring (bicyclic) bond motifs is 9. The second-order valence-electron chi connectivity index (χ2n) is 17.5. The Bertz CT molecular complexity index is 4250. The second-order valence-corrected chi connectivity index (χ2v) is 17.5. The number of hydrogen-bond donors (Lipinski definition) is 0. The zero-order valence-electron chi connectivity index (χ0n) is 37.0. The first-order valence-corrected chi connectivity index (χ1v) is 23.2. The number of aromatic nitrogens is 4. The van der Waals surface area contributed by atoms with Gasteiger partial charge in [0.2, 0.25) is 0 Å². The van der Waals surface area contributed by atoms with Crippen molar-refractivity contribution in [2.24, 2.45) is 0 Å². The van der Waals surface area contributed by atoms with Gasteiger partial charge in [0.25, 0.3) is 0 Å². The van der Waals surface area contributed by atoms with Crippen LogP contribution in [0.5, 0.6) is 0 Å². The normalized spacial score (nSPS) is 11.8. The first kappa shape index (κ1) is 38.8. The van der Waals surface area contributed by atoms with Gasteiger partial charge in [0.05, 0.1) is 11.0 Å². The van der Waals surface area contributed by atoms with E-state index in [0.717, 1.165) is 99.5 Å². The molecule has 0 spiro atoms. The monoisotopic (exact) mass is 882 g/mol. The summed E-state index contributed by atoms with van der Waals surface area (Å²) >= 11 is 0. The standard InChI is InChI=1S/C63H38N4O2/c1-4-15-39(16-5-1)42-29-33-54-51(36-42)49-23-10-11-26-53(49)67(54)46-31-32-50-58(38-46)69-56-27-14-25-48(59(50)56)44-30-34-55-52(37-44)60-47(24-13-28-57(60)68-55)43-21-12-22-45(35-43)63-65-61(40-17-6-2-7-18-40)64-62(66-63)41-19-8-3-9-20-41/h1-38H. The maximum atomic E-state index is 6.74. The van der Waals surface area contributed by atoms with Gasteiger partial charge in [-0.25, -0.2) is 15.0 Å². The van der Waals surface area contributed by atoms with Gasteiger partial charge in [-0.1, -0.05) is 164 Å². The van der Waals surface area contributed by atoms with Crippen LogP contribution >= 0.6 is 0 Å². The maximum Gasteiger partial charge on any atom is 0.164 e. The molecular weight excluding hydrogens is 845 g/mol. The third kappa shape index (κ3) is 6.45. The highest BCUT2D eigenvalue weighted by Gasteiger charge is 2.20. The number of benzene rings is 10. The van der Waals surface area contributed by atoms with E-state index in [1.807, 2.05) is 66.7 Å². The van der Waals surface area contributed by atoms with E-state index < -0.39 is 0 Å². The van der Waals surface area contributed by atoms with Crippen LogP contribution in [-0.2, 0) is 0 Å². The summed E-state index contributed by atoms with van der Waals surface area (Å²) in [6.45, 7) is 0. The molecule has 14 aromatic rings. The lowest BCUT2D eigenvalue weighted by molar-refractivity contribution is 0.668. The lowest BCUT2D eigenvalue weighted by Gasteiger charge is -2.10. The Balaban J connectivity index is 0.874. The lowest BCUT2D eigenvalue weighted by atomic mass is 9.95. The summed E-state index contributed by atoms with van der Waals surface area (Å²) in [6, 6.07) is 80.4. The Kier molecular flexibility index (Phi) is 8.79. The number of furan rings is 2. The molecule has 0 atom stereocenters. The Morgan fingerprint density at radius 3 is 1.51 bits per heavy atom. The molecule has 0 N–H and O–H groups in total. The van der Waals surface area contributed by atoms with Crippen molar-refractivity contribution >= 4 is 65.7 Å². The van der Waals surface area contributed by atoms with Gasteiger partial charge in [0, 0.05) is 60.8 Å². The molecular formula is C63H38N4O2. The first-order chi connectivity index (χ1) is 34.2.